The first-order chi connectivity index (χ1) is 14.3. The van der Waals surface area contributed by atoms with Crippen molar-refractivity contribution in [3.8, 4) is 10.6 Å². The monoisotopic (exact) mass is 435 g/mol. The van der Waals surface area contributed by atoms with Crippen molar-refractivity contribution in [1.82, 2.24) is 14.8 Å². The van der Waals surface area contributed by atoms with E-state index in [0.717, 1.165) is 23.5 Å². The number of hydrogen-bond donors (Lipinski definition) is 0. The maximum absolute atomic E-state index is 12.9. The molecule has 3 aromatic rings. The van der Waals surface area contributed by atoms with Crippen LogP contribution in [0.1, 0.15) is 26.6 Å². The lowest BCUT2D eigenvalue weighted by Crippen LogP contribution is -2.50. The summed E-state index contributed by atoms with van der Waals surface area (Å²) in [4.78, 5) is 32.5. The van der Waals surface area contributed by atoms with Gasteiger partial charge in [-0.3, -0.25) is 9.59 Å². The normalized spacial score (nSPS) is 14.8. The molecule has 0 atom stereocenters. The summed E-state index contributed by atoms with van der Waals surface area (Å²) in [6.07, 6.45) is -3.02. The summed E-state index contributed by atoms with van der Waals surface area (Å²) in [6, 6.07) is 8.08. The molecule has 0 spiro atoms. The molecule has 0 unspecified atom stereocenters. The second-order valence-electron chi connectivity index (χ2n) is 6.68. The molecule has 0 aliphatic carbocycles. The van der Waals surface area contributed by atoms with Crippen LogP contribution in [0, 0.1) is 0 Å². The molecule has 6 nitrogen and oxygen atoms in total. The number of piperazine rings is 1. The van der Waals surface area contributed by atoms with Gasteiger partial charge in [-0.15, -0.1) is 11.3 Å². The van der Waals surface area contributed by atoms with Crippen LogP contribution in [0.25, 0.3) is 10.6 Å². The Labute approximate surface area is 173 Å². The topological polar surface area (TPSA) is 66.7 Å². The molecule has 1 aliphatic rings. The number of amides is 2. The Morgan fingerprint density at radius 2 is 1.70 bits per heavy atom. The van der Waals surface area contributed by atoms with E-state index < -0.39 is 11.7 Å². The second kappa shape index (κ2) is 7.94. The zero-order valence-electron chi connectivity index (χ0n) is 15.6. The third-order valence-electron chi connectivity index (χ3n) is 4.75. The molecule has 1 aromatic carbocycles. The molecule has 0 N–H and O–H groups in total. The zero-order chi connectivity index (χ0) is 21.3. The summed E-state index contributed by atoms with van der Waals surface area (Å²) in [5.74, 6) is -0.290. The highest BCUT2D eigenvalue weighted by Gasteiger charge is 2.31. The molecule has 0 radical (unpaired) electrons. The number of hydrogen-bond acceptors (Lipinski definition) is 5. The number of furan rings is 1. The molecule has 1 fully saturated rings. The fraction of sp³-hybridized carbons (Fsp3) is 0.250. The third-order valence-corrected chi connectivity index (χ3v) is 5.64. The van der Waals surface area contributed by atoms with E-state index in [0.29, 0.717) is 36.8 Å². The van der Waals surface area contributed by atoms with Gasteiger partial charge in [-0.05, 0) is 24.3 Å². The highest BCUT2D eigenvalue weighted by molar-refractivity contribution is 7.13. The molecule has 3 heterocycles. The number of carbonyl (C=O) groups excluding carboxylic acids is 2. The number of aromatic nitrogens is 1. The Morgan fingerprint density at radius 3 is 2.33 bits per heavy atom. The van der Waals surface area contributed by atoms with E-state index in [-0.39, 0.29) is 23.3 Å². The summed E-state index contributed by atoms with van der Waals surface area (Å²) < 4.78 is 43.9. The van der Waals surface area contributed by atoms with Gasteiger partial charge in [-0.25, -0.2) is 4.98 Å². The number of halogens is 3. The van der Waals surface area contributed by atoms with Gasteiger partial charge in [-0.2, -0.15) is 13.2 Å². The van der Waals surface area contributed by atoms with E-state index in [1.807, 2.05) is 0 Å². The molecule has 156 valence electrons. The standard InChI is InChI=1S/C20H16F3N3O3S/c21-20(22,23)14-4-1-3-13(11-14)17-24-15(12-30-17)18(27)25-6-8-26(9-7-25)19(28)16-5-2-10-29-16/h1-5,10-12H,6-9H2. The van der Waals surface area contributed by atoms with Crippen LogP contribution in [0.5, 0.6) is 0 Å². The molecule has 2 amide bonds. The summed E-state index contributed by atoms with van der Waals surface area (Å²) in [5, 5.41) is 1.88. The molecule has 0 saturated carbocycles. The van der Waals surface area contributed by atoms with Crippen LogP contribution in [-0.4, -0.2) is 52.8 Å². The molecule has 30 heavy (non-hydrogen) atoms. The van der Waals surface area contributed by atoms with E-state index in [1.165, 1.54) is 23.8 Å². The summed E-state index contributed by atoms with van der Waals surface area (Å²) >= 11 is 1.12. The Balaban J connectivity index is 1.42. The van der Waals surface area contributed by atoms with Crippen molar-refractivity contribution in [1.29, 1.82) is 0 Å². The minimum Gasteiger partial charge on any atom is -0.459 e. The fourth-order valence-corrected chi connectivity index (χ4v) is 3.95. The van der Waals surface area contributed by atoms with Gasteiger partial charge in [-0.1, -0.05) is 12.1 Å². The van der Waals surface area contributed by atoms with Gasteiger partial charge in [0.05, 0.1) is 11.8 Å². The van der Waals surface area contributed by atoms with Gasteiger partial charge in [0.2, 0.25) is 0 Å². The summed E-state index contributed by atoms with van der Waals surface area (Å²) in [7, 11) is 0. The minimum atomic E-state index is -4.45. The van der Waals surface area contributed by atoms with Crippen LogP contribution in [0.2, 0.25) is 0 Å². The van der Waals surface area contributed by atoms with E-state index in [4.69, 9.17) is 4.42 Å². The van der Waals surface area contributed by atoms with E-state index in [1.54, 1.807) is 21.9 Å². The average Bonchev–Trinajstić information content (AvgIpc) is 3.45. The highest BCUT2D eigenvalue weighted by atomic mass is 32.1. The Morgan fingerprint density at radius 1 is 1.00 bits per heavy atom. The van der Waals surface area contributed by atoms with Gasteiger partial charge in [0, 0.05) is 37.1 Å². The molecule has 2 aromatic heterocycles. The van der Waals surface area contributed by atoms with Crippen molar-refractivity contribution in [3.05, 3.63) is 65.1 Å². The smallest absolute Gasteiger partial charge is 0.416 e. The molecule has 4 rings (SSSR count). The van der Waals surface area contributed by atoms with Crippen molar-refractivity contribution >= 4 is 23.2 Å². The predicted octanol–water partition coefficient (Wildman–Crippen LogP) is 4.02. The van der Waals surface area contributed by atoms with Crippen LogP contribution >= 0.6 is 11.3 Å². The first-order valence-corrected chi connectivity index (χ1v) is 9.96. The number of rotatable bonds is 3. The molecular formula is C20H16F3N3O3S. The van der Waals surface area contributed by atoms with Gasteiger partial charge in [0.1, 0.15) is 10.7 Å². The lowest BCUT2D eigenvalue weighted by atomic mass is 10.1. The average molecular weight is 435 g/mol. The van der Waals surface area contributed by atoms with E-state index in [9.17, 15) is 22.8 Å². The SMILES string of the molecule is O=C(c1csc(-c2cccc(C(F)(F)F)c2)n1)N1CCN(C(=O)c2ccco2)CC1. The van der Waals surface area contributed by atoms with Gasteiger partial charge in [0.15, 0.2) is 5.76 Å². The first-order valence-electron chi connectivity index (χ1n) is 9.08. The van der Waals surface area contributed by atoms with Crippen molar-refractivity contribution in [2.75, 3.05) is 26.2 Å². The summed E-state index contributed by atoms with van der Waals surface area (Å²) in [5.41, 5.74) is -0.276. The largest absolute Gasteiger partial charge is 0.459 e. The van der Waals surface area contributed by atoms with Crippen LogP contribution in [0.3, 0.4) is 0 Å². The number of benzene rings is 1. The molecule has 10 heteroatoms. The van der Waals surface area contributed by atoms with Crippen molar-refractivity contribution < 1.29 is 27.2 Å². The molecule has 1 aliphatic heterocycles. The molecular weight excluding hydrogens is 419 g/mol. The van der Waals surface area contributed by atoms with Crippen molar-refractivity contribution in [2.24, 2.45) is 0 Å². The van der Waals surface area contributed by atoms with Crippen LogP contribution < -0.4 is 0 Å². The van der Waals surface area contributed by atoms with Crippen molar-refractivity contribution in [3.63, 3.8) is 0 Å². The van der Waals surface area contributed by atoms with Crippen LogP contribution in [0.4, 0.5) is 13.2 Å². The zero-order valence-corrected chi connectivity index (χ0v) is 16.4. The highest BCUT2D eigenvalue weighted by Crippen LogP contribution is 2.33. The Kier molecular flexibility index (Phi) is 5.33. The third kappa shape index (κ3) is 4.09. The summed E-state index contributed by atoms with van der Waals surface area (Å²) in [6.45, 7) is 1.38. The number of alkyl halides is 3. The second-order valence-corrected chi connectivity index (χ2v) is 7.54. The first kappa shape index (κ1) is 20.1. The van der Waals surface area contributed by atoms with Gasteiger partial charge >= 0.3 is 6.18 Å². The Hall–Kier alpha value is -3.14. The maximum atomic E-state index is 12.9. The maximum Gasteiger partial charge on any atom is 0.416 e. The minimum absolute atomic E-state index is 0.179. The number of nitrogens with zero attached hydrogens (tertiary/aromatic N) is 3. The predicted molar refractivity (Wildman–Crippen MR) is 103 cm³/mol. The van der Waals surface area contributed by atoms with Crippen LogP contribution in [-0.2, 0) is 6.18 Å². The molecule has 0 bridgehead atoms. The van der Waals surface area contributed by atoms with E-state index in [2.05, 4.69) is 4.98 Å². The van der Waals surface area contributed by atoms with Crippen LogP contribution in [0.15, 0.2) is 52.5 Å². The van der Waals surface area contributed by atoms with Gasteiger partial charge in [0.25, 0.3) is 11.8 Å². The van der Waals surface area contributed by atoms with Gasteiger partial charge < -0.3 is 14.2 Å². The lowest BCUT2D eigenvalue weighted by molar-refractivity contribution is -0.137. The quantitative estimate of drug-likeness (QED) is 0.623. The fourth-order valence-electron chi connectivity index (χ4n) is 3.16. The van der Waals surface area contributed by atoms with Crippen molar-refractivity contribution in [2.45, 2.75) is 6.18 Å². The lowest BCUT2D eigenvalue weighted by Gasteiger charge is -2.34. The van der Waals surface area contributed by atoms with E-state index >= 15 is 0 Å². The number of thiazole rings is 1. The molecule has 1 saturated heterocycles. The Bertz CT molecular complexity index is 1050. The number of carbonyl (C=O) groups is 2.